The first kappa shape index (κ1) is 16.7. The molecule has 130 valence electrons. The summed E-state index contributed by atoms with van der Waals surface area (Å²) < 4.78 is 38.8. The molecule has 0 aliphatic carbocycles. The Morgan fingerprint density at radius 3 is 2.48 bits per heavy atom. The number of hydrogen-bond acceptors (Lipinski definition) is 4. The number of benzene rings is 1. The zero-order valence-electron chi connectivity index (χ0n) is 12.8. The summed E-state index contributed by atoms with van der Waals surface area (Å²) >= 11 is 0. The van der Waals surface area contributed by atoms with E-state index in [-0.39, 0.29) is 17.0 Å². The number of rotatable bonds is 3. The number of nitrogens with one attached hydrogen (secondary N) is 1. The summed E-state index contributed by atoms with van der Waals surface area (Å²) in [5.41, 5.74) is -0.215. The van der Waals surface area contributed by atoms with Crippen molar-refractivity contribution in [2.24, 2.45) is 0 Å². The molecule has 0 bridgehead atoms. The Morgan fingerprint density at radius 2 is 1.92 bits per heavy atom. The maximum atomic E-state index is 12.6. The monoisotopic (exact) mass is 352 g/mol. The topological polar surface area (TPSA) is 93.3 Å². The fourth-order valence-electron chi connectivity index (χ4n) is 2.54. The van der Waals surface area contributed by atoms with Crippen molar-refractivity contribution in [3.05, 3.63) is 62.2 Å². The Bertz CT molecular complexity index is 1020. The van der Waals surface area contributed by atoms with Gasteiger partial charge in [0.1, 0.15) is 0 Å². The van der Waals surface area contributed by atoms with Crippen LogP contribution in [0.15, 0.2) is 35.3 Å². The lowest BCUT2D eigenvalue weighted by Gasteiger charge is -2.09. The SMILES string of the molecule is Cc1nc2c(-c3ccc([N+](=O)[O-])cc3)c[nH]n2c(=O)c1CC(F)(F)F. The van der Waals surface area contributed by atoms with E-state index in [0.717, 1.165) is 4.52 Å². The average Bonchev–Trinajstić information content (AvgIpc) is 2.94. The van der Waals surface area contributed by atoms with E-state index in [1.165, 1.54) is 37.4 Å². The Morgan fingerprint density at radius 1 is 1.28 bits per heavy atom. The van der Waals surface area contributed by atoms with Crippen molar-refractivity contribution in [3.8, 4) is 11.1 Å². The van der Waals surface area contributed by atoms with Gasteiger partial charge in [0.2, 0.25) is 0 Å². The molecule has 0 radical (unpaired) electrons. The van der Waals surface area contributed by atoms with Gasteiger partial charge in [-0.25, -0.2) is 9.50 Å². The van der Waals surface area contributed by atoms with Gasteiger partial charge in [0.15, 0.2) is 5.65 Å². The number of aryl methyl sites for hydroxylation is 1. The van der Waals surface area contributed by atoms with E-state index >= 15 is 0 Å². The first-order valence-corrected chi connectivity index (χ1v) is 7.08. The maximum Gasteiger partial charge on any atom is 0.393 e. The summed E-state index contributed by atoms with van der Waals surface area (Å²) in [4.78, 5) is 26.6. The van der Waals surface area contributed by atoms with Gasteiger partial charge in [0, 0.05) is 35.2 Å². The number of hydrogen-bond donors (Lipinski definition) is 1. The molecule has 2 aromatic heterocycles. The Kier molecular flexibility index (Phi) is 3.82. The summed E-state index contributed by atoms with van der Waals surface area (Å²) in [5, 5.41) is 13.3. The van der Waals surface area contributed by atoms with Crippen molar-refractivity contribution in [1.29, 1.82) is 0 Å². The van der Waals surface area contributed by atoms with Crippen LogP contribution >= 0.6 is 0 Å². The van der Waals surface area contributed by atoms with Crippen LogP contribution in [0.25, 0.3) is 16.8 Å². The normalized spacial score (nSPS) is 11.8. The number of aromatic nitrogens is 3. The zero-order valence-corrected chi connectivity index (χ0v) is 12.8. The lowest BCUT2D eigenvalue weighted by molar-refractivity contribution is -0.384. The van der Waals surface area contributed by atoms with Crippen molar-refractivity contribution in [1.82, 2.24) is 14.6 Å². The molecule has 2 heterocycles. The van der Waals surface area contributed by atoms with Crippen LogP contribution in [0, 0.1) is 17.0 Å². The van der Waals surface area contributed by atoms with Crippen molar-refractivity contribution < 1.29 is 18.1 Å². The molecule has 0 aliphatic rings. The summed E-state index contributed by atoms with van der Waals surface area (Å²) in [6.45, 7) is 1.34. The number of nitrogens with zero attached hydrogens (tertiary/aromatic N) is 3. The molecule has 3 aromatic rings. The molecule has 0 spiro atoms. The molecule has 1 aromatic carbocycles. The first-order chi connectivity index (χ1) is 11.7. The standard InChI is InChI=1S/C15H11F3N4O3/c1-8-11(6-15(16,17)18)14(23)21-13(20-8)12(7-19-21)9-2-4-10(5-3-9)22(24)25/h2-5,7,19H,6H2,1H3. The molecule has 1 N–H and O–H groups in total. The third-order valence-corrected chi connectivity index (χ3v) is 3.73. The molecule has 25 heavy (non-hydrogen) atoms. The van der Waals surface area contributed by atoms with Gasteiger partial charge in [-0.1, -0.05) is 0 Å². The maximum absolute atomic E-state index is 12.6. The van der Waals surface area contributed by atoms with Crippen LogP contribution in [0.5, 0.6) is 0 Å². The minimum atomic E-state index is -4.52. The van der Waals surface area contributed by atoms with Crippen LogP contribution in [0.4, 0.5) is 18.9 Å². The van der Waals surface area contributed by atoms with E-state index in [1.807, 2.05) is 0 Å². The molecule has 0 saturated heterocycles. The molecule has 3 rings (SSSR count). The highest BCUT2D eigenvalue weighted by Crippen LogP contribution is 2.26. The highest BCUT2D eigenvalue weighted by Gasteiger charge is 2.31. The number of fused-ring (bicyclic) bond motifs is 1. The van der Waals surface area contributed by atoms with E-state index in [9.17, 15) is 28.1 Å². The molecule has 0 amide bonds. The lowest BCUT2D eigenvalue weighted by Crippen LogP contribution is -2.26. The number of aromatic amines is 1. The summed E-state index contributed by atoms with van der Waals surface area (Å²) in [6, 6.07) is 5.54. The molecule has 0 unspecified atom stereocenters. The van der Waals surface area contributed by atoms with Crippen LogP contribution in [0.2, 0.25) is 0 Å². The number of nitro benzene ring substituents is 1. The average molecular weight is 352 g/mol. The van der Waals surface area contributed by atoms with E-state index in [1.54, 1.807) is 0 Å². The number of non-ortho nitro benzene ring substituents is 1. The third-order valence-electron chi connectivity index (χ3n) is 3.73. The quantitative estimate of drug-likeness (QED) is 0.579. The van der Waals surface area contributed by atoms with Gasteiger partial charge in [-0.05, 0) is 24.6 Å². The summed E-state index contributed by atoms with van der Waals surface area (Å²) in [7, 11) is 0. The molecule has 0 atom stereocenters. The second-order valence-electron chi connectivity index (χ2n) is 5.42. The first-order valence-electron chi connectivity index (χ1n) is 7.08. The second kappa shape index (κ2) is 5.72. The lowest BCUT2D eigenvalue weighted by atomic mass is 10.1. The van der Waals surface area contributed by atoms with Gasteiger partial charge in [0.25, 0.3) is 11.2 Å². The molecule has 10 heteroatoms. The Balaban J connectivity index is 2.14. The summed E-state index contributed by atoms with van der Waals surface area (Å²) in [6.07, 6.45) is -4.46. The number of nitro groups is 1. The fourth-order valence-corrected chi connectivity index (χ4v) is 2.54. The van der Waals surface area contributed by atoms with Crippen molar-refractivity contribution in [2.45, 2.75) is 19.5 Å². The van der Waals surface area contributed by atoms with E-state index < -0.39 is 28.6 Å². The largest absolute Gasteiger partial charge is 0.393 e. The van der Waals surface area contributed by atoms with Crippen LogP contribution in [0.3, 0.4) is 0 Å². The van der Waals surface area contributed by atoms with Gasteiger partial charge in [0.05, 0.1) is 11.3 Å². The molecular weight excluding hydrogens is 341 g/mol. The minimum absolute atomic E-state index is 0.00918. The molecule has 0 saturated carbocycles. The molecule has 7 nitrogen and oxygen atoms in total. The van der Waals surface area contributed by atoms with Crippen LogP contribution in [0.1, 0.15) is 11.3 Å². The highest BCUT2D eigenvalue weighted by molar-refractivity contribution is 5.77. The van der Waals surface area contributed by atoms with Gasteiger partial charge in [-0.15, -0.1) is 0 Å². The van der Waals surface area contributed by atoms with Gasteiger partial charge >= 0.3 is 6.18 Å². The predicted molar refractivity (Wildman–Crippen MR) is 82.4 cm³/mol. The number of alkyl halides is 3. The van der Waals surface area contributed by atoms with Crippen molar-refractivity contribution in [3.63, 3.8) is 0 Å². The molecular formula is C15H11F3N4O3. The Labute approximate surface area is 137 Å². The van der Waals surface area contributed by atoms with E-state index in [2.05, 4.69) is 10.1 Å². The third kappa shape index (κ3) is 3.10. The van der Waals surface area contributed by atoms with Gasteiger partial charge in [-0.3, -0.25) is 20.0 Å². The van der Waals surface area contributed by atoms with Crippen molar-refractivity contribution in [2.75, 3.05) is 0 Å². The van der Waals surface area contributed by atoms with E-state index in [0.29, 0.717) is 11.1 Å². The van der Waals surface area contributed by atoms with Crippen LogP contribution in [-0.4, -0.2) is 25.7 Å². The Hall–Kier alpha value is -3.17. The summed E-state index contributed by atoms with van der Waals surface area (Å²) in [5.74, 6) is 0. The molecule has 0 fully saturated rings. The number of halogens is 3. The smallest absolute Gasteiger partial charge is 0.296 e. The van der Waals surface area contributed by atoms with Crippen LogP contribution < -0.4 is 5.56 Å². The van der Waals surface area contributed by atoms with Crippen LogP contribution in [-0.2, 0) is 6.42 Å². The van der Waals surface area contributed by atoms with Crippen molar-refractivity contribution >= 4 is 11.3 Å². The second-order valence-corrected chi connectivity index (χ2v) is 5.42. The van der Waals surface area contributed by atoms with Gasteiger partial charge in [-0.2, -0.15) is 13.2 Å². The fraction of sp³-hybridized carbons (Fsp3) is 0.200. The zero-order chi connectivity index (χ0) is 18.4. The van der Waals surface area contributed by atoms with E-state index in [4.69, 9.17) is 0 Å². The molecule has 0 aliphatic heterocycles. The minimum Gasteiger partial charge on any atom is -0.296 e. The number of H-pyrrole nitrogens is 1. The highest BCUT2D eigenvalue weighted by atomic mass is 19.4. The predicted octanol–water partition coefficient (Wildman–Crippen LogP) is 3.01. The van der Waals surface area contributed by atoms with Gasteiger partial charge < -0.3 is 0 Å².